The van der Waals surface area contributed by atoms with Gasteiger partial charge in [0.05, 0.1) is 11.1 Å². The zero-order chi connectivity index (χ0) is 18.0. The van der Waals surface area contributed by atoms with Crippen LogP contribution in [0.1, 0.15) is 4.88 Å². The average Bonchev–Trinajstić information content (AvgIpc) is 2.89. The van der Waals surface area contributed by atoms with E-state index in [-0.39, 0.29) is 11.3 Å². The fraction of sp³-hybridized carbons (Fsp3) is 0.125. The van der Waals surface area contributed by atoms with E-state index in [1.807, 2.05) is 42.6 Å². The Kier molecular flexibility index (Phi) is 4.86. The zero-order valence-corrected chi connectivity index (χ0v) is 14.8. The topological polar surface area (TPSA) is 118 Å². The van der Waals surface area contributed by atoms with Gasteiger partial charge in [0.2, 0.25) is 5.91 Å². The van der Waals surface area contributed by atoms with Crippen LogP contribution < -0.4 is 16.6 Å². The molecule has 0 aliphatic carbocycles. The smallest absolute Gasteiger partial charge is 0.318 e. The van der Waals surface area contributed by atoms with E-state index in [2.05, 4.69) is 9.97 Å². The molecule has 25 heavy (non-hydrogen) atoms. The van der Waals surface area contributed by atoms with Crippen molar-refractivity contribution in [2.45, 2.75) is 12.1 Å². The van der Waals surface area contributed by atoms with E-state index < -0.39 is 11.9 Å². The molecule has 0 spiro atoms. The summed E-state index contributed by atoms with van der Waals surface area (Å²) in [6, 6.07) is 8.74. The van der Waals surface area contributed by atoms with Gasteiger partial charge in [-0.05, 0) is 12.5 Å². The molecule has 0 saturated heterocycles. The summed E-state index contributed by atoms with van der Waals surface area (Å²) in [4.78, 5) is 43.4. The van der Waals surface area contributed by atoms with Crippen molar-refractivity contribution >= 4 is 45.3 Å². The van der Waals surface area contributed by atoms with Crippen LogP contribution in [0.3, 0.4) is 0 Å². The Morgan fingerprint density at radius 1 is 1.32 bits per heavy atom. The number of nitrogens with zero attached hydrogens (tertiary/aromatic N) is 1. The molecule has 0 aliphatic rings. The van der Waals surface area contributed by atoms with E-state index >= 15 is 0 Å². The lowest BCUT2D eigenvalue weighted by molar-refractivity contribution is -0.117. The fourth-order valence-corrected chi connectivity index (χ4v) is 4.19. The number of imide groups is 1. The molecule has 0 bridgehead atoms. The number of nitrogens with one attached hydrogen (secondary N) is 2. The lowest BCUT2D eigenvalue weighted by Crippen LogP contribution is -2.36. The molecule has 3 aromatic rings. The number of benzene rings is 1. The second-order valence-electron chi connectivity index (χ2n) is 5.15. The number of rotatable bonds is 4. The summed E-state index contributed by atoms with van der Waals surface area (Å²) in [7, 11) is 0. The van der Waals surface area contributed by atoms with E-state index in [1.54, 1.807) is 0 Å². The SMILES string of the molecule is Cc1sc2nc(SCC(=O)NC(N)=O)[nH]c(=O)c2c1-c1ccccc1. The molecule has 7 nitrogen and oxygen atoms in total. The van der Waals surface area contributed by atoms with Crippen molar-refractivity contribution in [2.75, 3.05) is 5.75 Å². The minimum absolute atomic E-state index is 0.0761. The molecule has 0 unspecified atom stereocenters. The molecule has 9 heteroatoms. The van der Waals surface area contributed by atoms with Gasteiger partial charge >= 0.3 is 6.03 Å². The first-order valence-corrected chi connectivity index (χ1v) is 9.07. The van der Waals surface area contributed by atoms with Crippen molar-refractivity contribution in [2.24, 2.45) is 5.73 Å². The standard InChI is InChI=1S/C16H14N4O3S2/c1-8-11(9-5-3-2-4-6-9)12-13(22)19-16(20-14(12)25-8)24-7-10(21)18-15(17)23/h2-6H,7H2,1H3,(H,19,20,22)(H3,17,18,21,23). The number of nitrogens with two attached hydrogens (primary N) is 1. The largest absolute Gasteiger partial charge is 0.351 e. The van der Waals surface area contributed by atoms with Crippen molar-refractivity contribution in [1.82, 2.24) is 15.3 Å². The first kappa shape index (κ1) is 17.2. The fourth-order valence-electron chi connectivity index (χ4n) is 2.43. The third kappa shape index (κ3) is 3.72. The number of aryl methyl sites for hydroxylation is 1. The van der Waals surface area contributed by atoms with Gasteiger partial charge in [0.25, 0.3) is 5.56 Å². The van der Waals surface area contributed by atoms with Gasteiger partial charge in [-0.3, -0.25) is 14.9 Å². The van der Waals surface area contributed by atoms with E-state index in [4.69, 9.17) is 5.73 Å². The number of carbonyl (C=O) groups is 2. The van der Waals surface area contributed by atoms with Crippen molar-refractivity contribution in [3.8, 4) is 11.1 Å². The van der Waals surface area contributed by atoms with Gasteiger partial charge in [0.15, 0.2) is 5.16 Å². The number of hydrogen-bond acceptors (Lipinski definition) is 6. The van der Waals surface area contributed by atoms with Gasteiger partial charge in [-0.2, -0.15) is 0 Å². The maximum absolute atomic E-state index is 12.6. The number of fused-ring (bicyclic) bond motifs is 1. The molecule has 0 fully saturated rings. The van der Waals surface area contributed by atoms with Crippen LogP contribution in [-0.4, -0.2) is 27.7 Å². The maximum Gasteiger partial charge on any atom is 0.318 e. The number of urea groups is 1. The summed E-state index contributed by atoms with van der Waals surface area (Å²) in [6.45, 7) is 1.95. The summed E-state index contributed by atoms with van der Waals surface area (Å²) in [5.74, 6) is -0.625. The van der Waals surface area contributed by atoms with Gasteiger partial charge in [0.1, 0.15) is 4.83 Å². The van der Waals surface area contributed by atoms with E-state index in [0.29, 0.717) is 15.4 Å². The molecular weight excluding hydrogens is 360 g/mol. The van der Waals surface area contributed by atoms with Crippen LogP contribution in [0.15, 0.2) is 40.3 Å². The Morgan fingerprint density at radius 2 is 2.04 bits per heavy atom. The Hall–Kier alpha value is -2.65. The lowest BCUT2D eigenvalue weighted by Gasteiger charge is -2.03. The summed E-state index contributed by atoms with van der Waals surface area (Å²) >= 11 is 2.46. The number of aromatic amines is 1. The van der Waals surface area contributed by atoms with Gasteiger partial charge < -0.3 is 10.7 Å². The van der Waals surface area contributed by atoms with Crippen molar-refractivity contribution in [1.29, 1.82) is 0 Å². The molecule has 0 saturated carbocycles. The van der Waals surface area contributed by atoms with Crippen LogP contribution in [0.2, 0.25) is 0 Å². The lowest BCUT2D eigenvalue weighted by atomic mass is 10.0. The number of primary amides is 1. The van der Waals surface area contributed by atoms with Gasteiger partial charge in [-0.1, -0.05) is 42.1 Å². The van der Waals surface area contributed by atoms with Crippen LogP contribution in [0.5, 0.6) is 0 Å². The van der Waals surface area contributed by atoms with Crippen LogP contribution in [0.25, 0.3) is 21.3 Å². The maximum atomic E-state index is 12.6. The minimum Gasteiger partial charge on any atom is -0.351 e. The first-order chi connectivity index (χ1) is 12.0. The predicted octanol–water partition coefficient (Wildman–Crippen LogP) is 2.25. The normalized spacial score (nSPS) is 10.8. The Labute approximate surface area is 150 Å². The van der Waals surface area contributed by atoms with E-state index in [9.17, 15) is 14.4 Å². The van der Waals surface area contributed by atoms with Crippen molar-refractivity contribution in [3.05, 3.63) is 45.6 Å². The first-order valence-electron chi connectivity index (χ1n) is 7.26. The van der Waals surface area contributed by atoms with Gasteiger partial charge in [-0.25, -0.2) is 9.78 Å². The number of hydrogen-bond donors (Lipinski definition) is 3. The monoisotopic (exact) mass is 374 g/mol. The Bertz CT molecular complexity index is 1010. The summed E-state index contributed by atoms with van der Waals surface area (Å²) in [5, 5.41) is 2.82. The molecule has 0 aliphatic heterocycles. The number of thiophene rings is 1. The highest BCUT2D eigenvalue weighted by Gasteiger charge is 2.17. The zero-order valence-electron chi connectivity index (χ0n) is 13.2. The van der Waals surface area contributed by atoms with Crippen LogP contribution in [0.4, 0.5) is 4.79 Å². The number of H-pyrrole nitrogens is 1. The molecule has 3 amide bonds. The highest BCUT2D eigenvalue weighted by Crippen LogP contribution is 2.35. The summed E-state index contributed by atoms with van der Waals surface area (Å²) < 4.78 is 0. The van der Waals surface area contributed by atoms with E-state index in [1.165, 1.54) is 11.3 Å². The molecule has 128 valence electrons. The average molecular weight is 374 g/mol. The molecule has 1 aromatic carbocycles. The van der Waals surface area contributed by atoms with E-state index in [0.717, 1.165) is 27.8 Å². The minimum atomic E-state index is -0.913. The second-order valence-corrected chi connectivity index (χ2v) is 7.32. The molecule has 2 aromatic heterocycles. The highest BCUT2D eigenvalue weighted by atomic mass is 32.2. The number of thioether (sulfide) groups is 1. The number of amides is 3. The third-order valence-corrected chi connectivity index (χ3v) is 5.25. The summed E-state index contributed by atoms with van der Waals surface area (Å²) in [6.07, 6.45) is 0. The molecule has 0 radical (unpaired) electrons. The molecule has 2 heterocycles. The molecule has 4 N–H and O–H groups in total. The molecule has 3 rings (SSSR count). The highest BCUT2D eigenvalue weighted by molar-refractivity contribution is 7.99. The van der Waals surface area contributed by atoms with Crippen LogP contribution in [-0.2, 0) is 4.79 Å². The Morgan fingerprint density at radius 3 is 2.72 bits per heavy atom. The van der Waals surface area contributed by atoms with Crippen LogP contribution >= 0.6 is 23.1 Å². The molecule has 0 atom stereocenters. The predicted molar refractivity (Wildman–Crippen MR) is 98.9 cm³/mol. The number of aromatic nitrogens is 2. The number of carbonyl (C=O) groups excluding carboxylic acids is 2. The van der Waals surface area contributed by atoms with Crippen molar-refractivity contribution in [3.63, 3.8) is 0 Å². The van der Waals surface area contributed by atoms with Crippen LogP contribution in [0, 0.1) is 6.92 Å². The van der Waals surface area contributed by atoms with Gasteiger partial charge in [0, 0.05) is 10.4 Å². The third-order valence-electron chi connectivity index (χ3n) is 3.38. The Balaban J connectivity index is 1.95. The summed E-state index contributed by atoms with van der Waals surface area (Å²) in [5.41, 5.74) is 6.46. The van der Waals surface area contributed by atoms with Gasteiger partial charge in [-0.15, -0.1) is 11.3 Å². The molecular formula is C16H14N4O3S2. The van der Waals surface area contributed by atoms with Crippen molar-refractivity contribution < 1.29 is 9.59 Å². The quantitative estimate of drug-likeness (QED) is 0.478. The second kappa shape index (κ2) is 7.08.